The number of rotatable bonds is 4. The van der Waals surface area contributed by atoms with Crippen LogP contribution < -0.4 is 5.32 Å². The Morgan fingerprint density at radius 3 is 2.33 bits per heavy atom. The number of nitrogens with one attached hydrogen (secondary N) is 1. The summed E-state index contributed by atoms with van der Waals surface area (Å²) in [5, 5.41) is 2.88. The van der Waals surface area contributed by atoms with Crippen LogP contribution in [0.2, 0.25) is 0 Å². The van der Waals surface area contributed by atoms with Crippen LogP contribution in [0, 0.1) is 0 Å². The SMILES string of the molecule is O=C(CCc1ccccc1)Nc1ccc(Br)cc1. The van der Waals surface area contributed by atoms with Gasteiger partial charge in [0.2, 0.25) is 5.91 Å². The lowest BCUT2D eigenvalue weighted by molar-refractivity contribution is -0.116. The van der Waals surface area contributed by atoms with Crippen LogP contribution in [0.1, 0.15) is 12.0 Å². The Labute approximate surface area is 115 Å². The van der Waals surface area contributed by atoms with E-state index in [2.05, 4.69) is 21.2 Å². The fraction of sp³-hybridized carbons (Fsp3) is 0.133. The van der Waals surface area contributed by atoms with Crippen LogP contribution in [0.15, 0.2) is 59.1 Å². The van der Waals surface area contributed by atoms with Gasteiger partial charge in [-0.2, -0.15) is 0 Å². The third-order valence-electron chi connectivity index (χ3n) is 2.61. The Kier molecular flexibility index (Phi) is 4.53. The van der Waals surface area contributed by atoms with Crippen molar-refractivity contribution in [3.05, 3.63) is 64.6 Å². The molecule has 0 aliphatic rings. The van der Waals surface area contributed by atoms with Gasteiger partial charge in [-0.25, -0.2) is 0 Å². The van der Waals surface area contributed by atoms with E-state index in [1.54, 1.807) is 0 Å². The Morgan fingerprint density at radius 2 is 1.67 bits per heavy atom. The van der Waals surface area contributed by atoms with Crippen LogP contribution in [0.5, 0.6) is 0 Å². The number of anilines is 1. The highest BCUT2D eigenvalue weighted by atomic mass is 79.9. The average Bonchev–Trinajstić information content (AvgIpc) is 2.40. The van der Waals surface area contributed by atoms with Gasteiger partial charge >= 0.3 is 0 Å². The van der Waals surface area contributed by atoms with E-state index in [1.165, 1.54) is 5.56 Å². The number of aryl methyl sites for hydroxylation is 1. The van der Waals surface area contributed by atoms with E-state index in [-0.39, 0.29) is 5.91 Å². The van der Waals surface area contributed by atoms with E-state index in [4.69, 9.17) is 0 Å². The van der Waals surface area contributed by atoms with E-state index >= 15 is 0 Å². The molecule has 0 radical (unpaired) electrons. The highest BCUT2D eigenvalue weighted by Crippen LogP contribution is 2.14. The van der Waals surface area contributed by atoms with Crippen molar-refractivity contribution in [2.24, 2.45) is 0 Å². The molecular formula is C15H14BrNO. The van der Waals surface area contributed by atoms with Gasteiger partial charge in [0.25, 0.3) is 0 Å². The molecule has 0 fully saturated rings. The smallest absolute Gasteiger partial charge is 0.224 e. The lowest BCUT2D eigenvalue weighted by Crippen LogP contribution is -2.12. The molecule has 2 aromatic rings. The lowest BCUT2D eigenvalue weighted by atomic mass is 10.1. The molecule has 92 valence electrons. The quantitative estimate of drug-likeness (QED) is 0.908. The largest absolute Gasteiger partial charge is 0.326 e. The topological polar surface area (TPSA) is 29.1 Å². The molecule has 0 unspecified atom stereocenters. The van der Waals surface area contributed by atoms with Crippen molar-refractivity contribution >= 4 is 27.5 Å². The predicted octanol–water partition coefficient (Wildman–Crippen LogP) is 4.02. The van der Waals surface area contributed by atoms with Gasteiger partial charge in [0, 0.05) is 16.6 Å². The monoisotopic (exact) mass is 303 g/mol. The molecule has 2 rings (SSSR count). The number of benzene rings is 2. The number of hydrogen-bond acceptors (Lipinski definition) is 1. The van der Waals surface area contributed by atoms with Crippen LogP contribution in [0.3, 0.4) is 0 Å². The van der Waals surface area contributed by atoms with Crippen LogP contribution in [0.4, 0.5) is 5.69 Å². The average molecular weight is 304 g/mol. The summed E-state index contributed by atoms with van der Waals surface area (Å²) in [6.45, 7) is 0. The van der Waals surface area contributed by atoms with Crippen molar-refractivity contribution in [2.45, 2.75) is 12.8 Å². The maximum atomic E-state index is 11.7. The third kappa shape index (κ3) is 4.00. The van der Waals surface area contributed by atoms with Crippen molar-refractivity contribution in [1.82, 2.24) is 0 Å². The predicted molar refractivity (Wildman–Crippen MR) is 77.5 cm³/mol. The standard InChI is InChI=1S/C15H14BrNO/c16-13-7-9-14(10-8-13)17-15(18)11-6-12-4-2-1-3-5-12/h1-5,7-10H,6,11H2,(H,17,18). The van der Waals surface area contributed by atoms with Gasteiger partial charge in [-0.1, -0.05) is 46.3 Å². The first-order chi connectivity index (χ1) is 8.74. The molecule has 0 heterocycles. The maximum absolute atomic E-state index is 11.7. The molecule has 0 spiro atoms. The molecule has 0 atom stereocenters. The molecule has 2 nitrogen and oxygen atoms in total. The fourth-order valence-electron chi connectivity index (χ4n) is 1.66. The number of carbonyl (C=O) groups excluding carboxylic acids is 1. The zero-order valence-corrected chi connectivity index (χ0v) is 11.5. The fourth-order valence-corrected chi connectivity index (χ4v) is 1.92. The minimum absolute atomic E-state index is 0.0428. The third-order valence-corrected chi connectivity index (χ3v) is 3.14. The molecule has 0 bridgehead atoms. The molecule has 1 amide bonds. The molecule has 1 N–H and O–H groups in total. The maximum Gasteiger partial charge on any atom is 0.224 e. The van der Waals surface area contributed by atoms with Gasteiger partial charge in [-0.15, -0.1) is 0 Å². The minimum atomic E-state index is 0.0428. The van der Waals surface area contributed by atoms with E-state index in [1.807, 2.05) is 54.6 Å². The van der Waals surface area contributed by atoms with E-state index in [0.29, 0.717) is 6.42 Å². The molecule has 3 heteroatoms. The van der Waals surface area contributed by atoms with Crippen LogP contribution in [-0.2, 0) is 11.2 Å². The summed E-state index contributed by atoms with van der Waals surface area (Å²) in [4.78, 5) is 11.7. The van der Waals surface area contributed by atoms with Gasteiger partial charge in [-0.05, 0) is 36.2 Å². The number of hydrogen-bond donors (Lipinski definition) is 1. The second-order valence-electron chi connectivity index (χ2n) is 4.04. The van der Waals surface area contributed by atoms with Gasteiger partial charge in [0.05, 0.1) is 0 Å². The summed E-state index contributed by atoms with van der Waals surface area (Å²) < 4.78 is 1.00. The summed E-state index contributed by atoms with van der Waals surface area (Å²) in [6.07, 6.45) is 1.27. The molecule has 2 aromatic carbocycles. The lowest BCUT2D eigenvalue weighted by Gasteiger charge is -2.05. The first-order valence-corrected chi connectivity index (χ1v) is 6.63. The highest BCUT2D eigenvalue weighted by molar-refractivity contribution is 9.10. The first-order valence-electron chi connectivity index (χ1n) is 5.83. The van der Waals surface area contributed by atoms with Gasteiger partial charge in [0.15, 0.2) is 0 Å². The van der Waals surface area contributed by atoms with Crippen molar-refractivity contribution in [3.63, 3.8) is 0 Å². The van der Waals surface area contributed by atoms with Gasteiger partial charge in [-0.3, -0.25) is 4.79 Å². The van der Waals surface area contributed by atoms with Crippen molar-refractivity contribution < 1.29 is 4.79 Å². The van der Waals surface area contributed by atoms with Crippen molar-refractivity contribution in [2.75, 3.05) is 5.32 Å². The van der Waals surface area contributed by atoms with Gasteiger partial charge < -0.3 is 5.32 Å². The number of halogens is 1. The molecule has 0 aliphatic carbocycles. The summed E-state index contributed by atoms with van der Waals surface area (Å²) in [5.74, 6) is 0.0428. The molecule has 0 saturated heterocycles. The summed E-state index contributed by atoms with van der Waals surface area (Å²) in [7, 11) is 0. The summed E-state index contributed by atoms with van der Waals surface area (Å²) >= 11 is 3.36. The van der Waals surface area contributed by atoms with E-state index < -0.39 is 0 Å². The zero-order chi connectivity index (χ0) is 12.8. The normalized spacial score (nSPS) is 10.1. The van der Waals surface area contributed by atoms with Crippen LogP contribution in [0.25, 0.3) is 0 Å². The van der Waals surface area contributed by atoms with E-state index in [9.17, 15) is 4.79 Å². The number of carbonyl (C=O) groups is 1. The van der Waals surface area contributed by atoms with Crippen LogP contribution >= 0.6 is 15.9 Å². The molecule has 0 aliphatic heterocycles. The Hall–Kier alpha value is -1.61. The highest BCUT2D eigenvalue weighted by Gasteiger charge is 2.02. The van der Waals surface area contributed by atoms with Gasteiger partial charge in [0.1, 0.15) is 0 Å². The zero-order valence-electron chi connectivity index (χ0n) is 9.90. The molecular weight excluding hydrogens is 290 g/mol. The van der Waals surface area contributed by atoms with E-state index in [0.717, 1.165) is 16.6 Å². The molecule has 18 heavy (non-hydrogen) atoms. The Morgan fingerprint density at radius 1 is 1.00 bits per heavy atom. The second-order valence-corrected chi connectivity index (χ2v) is 4.96. The minimum Gasteiger partial charge on any atom is -0.326 e. The molecule has 0 aromatic heterocycles. The van der Waals surface area contributed by atoms with Crippen LogP contribution in [-0.4, -0.2) is 5.91 Å². The van der Waals surface area contributed by atoms with Crippen molar-refractivity contribution in [3.8, 4) is 0 Å². The second kappa shape index (κ2) is 6.36. The Bertz CT molecular complexity index is 508. The summed E-state index contributed by atoms with van der Waals surface area (Å²) in [6, 6.07) is 17.6. The first kappa shape index (κ1) is 12.8. The Balaban J connectivity index is 1.84. The summed E-state index contributed by atoms with van der Waals surface area (Å²) in [5.41, 5.74) is 2.01. The number of amides is 1. The van der Waals surface area contributed by atoms with Crippen molar-refractivity contribution in [1.29, 1.82) is 0 Å². The molecule has 0 saturated carbocycles.